The molecule has 0 bridgehead atoms. The van der Waals surface area contributed by atoms with Crippen molar-refractivity contribution in [1.29, 1.82) is 0 Å². The quantitative estimate of drug-likeness (QED) is 0.535. The molecule has 1 fully saturated rings. The maximum Gasteiger partial charge on any atom is 0.140 e. The Bertz CT molecular complexity index is 1040. The summed E-state index contributed by atoms with van der Waals surface area (Å²) in [6.45, 7) is 14.5. The molecule has 3 heterocycles. The van der Waals surface area contributed by atoms with Gasteiger partial charge >= 0.3 is 0 Å². The molecule has 1 saturated heterocycles. The number of hydrogen-bond acceptors (Lipinski definition) is 3. The van der Waals surface area contributed by atoms with Crippen molar-refractivity contribution < 1.29 is 4.39 Å². The van der Waals surface area contributed by atoms with E-state index in [9.17, 15) is 4.39 Å². The van der Waals surface area contributed by atoms with Gasteiger partial charge in [-0.1, -0.05) is 36.9 Å². The van der Waals surface area contributed by atoms with Crippen molar-refractivity contribution in [2.24, 2.45) is 0 Å². The number of benzene rings is 1. The van der Waals surface area contributed by atoms with Gasteiger partial charge in [-0.15, -0.1) is 0 Å². The Balaban J connectivity index is 1.50. The van der Waals surface area contributed by atoms with Crippen molar-refractivity contribution in [2.75, 3.05) is 24.5 Å². The lowest BCUT2D eigenvalue weighted by Crippen LogP contribution is -2.59. The molecule has 4 rings (SSSR count). The third-order valence-corrected chi connectivity index (χ3v) is 6.18. The van der Waals surface area contributed by atoms with E-state index < -0.39 is 5.67 Å². The summed E-state index contributed by atoms with van der Waals surface area (Å²) in [5, 5.41) is 1.15. The maximum absolute atomic E-state index is 14.2. The molecule has 1 aliphatic heterocycles. The van der Waals surface area contributed by atoms with Gasteiger partial charge in [-0.25, -0.2) is 9.37 Å². The second-order valence-corrected chi connectivity index (χ2v) is 9.49. The fourth-order valence-electron chi connectivity index (χ4n) is 4.64. The van der Waals surface area contributed by atoms with Crippen LogP contribution in [0.3, 0.4) is 0 Å². The van der Waals surface area contributed by atoms with E-state index in [0.717, 1.165) is 41.9 Å². The van der Waals surface area contributed by atoms with Crippen LogP contribution in [0.2, 0.25) is 0 Å². The zero-order valence-electron chi connectivity index (χ0n) is 19.1. The predicted molar refractivity (Wildman–Crippen MR) is 128 cm³/mol. The van der Waals surface area contributed by atoms with E-state index in [2.05, 4.69) is 77.4 Å². The van der Waals surface area contributed by atoms with E-state index in [1.165, 1.54) is 5.56 Å². The van der Waals surface area contributed by atoms with Gasteiger partial charge in [-0.2, -0.15) is 0 Å². The first kappa shape index (κ1) is 21.6. The van der Waals surface area contributed by atoms with Crippen molar-refractivity contribution in [3.63, 3.8) is 0 Å². The van der Waals surface area contributed by atoms with E-state index in [-0.39, 0.29) is 12.1 Å². The molecular formula is C26H33FN4. The second-order valence-electron chi connectivity index (χ2n) is 9.49. The highest BCUT2D eigenvalue weighted by Gasteiger charge is 2.33. The van der Waals surface area contributed by atoms with Crippen molar-refractivity contribution in [2.45, 2.75) is 52.0 Å². The summed E-state index contributed by atoms with van der Waals surface area (Å²) in [5.74, 6) is 0. The molecule has 0 radical (unpaired) electrons. The zero-order valence-corrected chi connectivity index (χ0v) is 19.1. The molecule has 164 valence electrons. The summed E-state index contributed by atoms with van der Waals surface area (Å²) in [7, 11) is 0. The minimum Gasteiger partial charge on any atom is -0.367 e. The Morgan fingerprint density at radius 1 is 1.13 bits per heavy atom. The van der Waals surface area contributed by atoms with Gasteiger partial charge in [0.1, 0.15) is 11.3 Å². The molecular weight excluding hydrogens is 387 g/mol. The van der Waals surface area contributed by atoms with Crippen molar-refractivity contribution in [3.05, 3.63) is 66.5 Å². The summed E-state index contributed by atoms with van der Waals surface area (Å²) in [4.78, 5) is 9.48. The summed E-state index contributed by atoms with van der Waals surface area (Å²) < 4.78 is 16.4. The topological polar surface area (TPSA) is 24.3 Å². The van der Waals surface area contributed by atoms with Crippen LogP contribution >= 0.6 is 0 Å². The zero-order chi connectivity index (χ0) is 22.2. The Hall–Kier alpha value is -2.66. The van der Waals surface area contributed by atoms with Gasteiger partial charge in [0, 0.05) is 49.8 Å². The van der Waals surface area contributed by atoms with Crippen LogP contribution in [0.25, 0.3) is 17.1 Å². The van der Waals surface area contributed by atoms with Crippen molar-refractivity contribution >= 4 is 22.8 Å². The van der Waals surface area contributed by atoms with Crippen molar-refractivity contribution in [1.82, 2.24) is 14.5 Å². The van der Waals surface area contributed by atoms with E-state index in [1.54, 1.807) is 13.8 Å². The number of halogens is 1. The lowest BCUT2D eigenvalue weighted by molar-refractivity contribution is 0.0587. The first-order valence-corrected chi connectivity index (χ1v) is 11.1. The van der Waals surface area contributed by atoms with Crippen molar-refractivity contribution in [3.8, 4) is 0 Å². The molecule has 0 spiro atoms. The lowest BCUT2D eigenvalue weighted by atomic mass is 10.0. The van der Waals surface area contributed by atoms with E-state index in [1.807, 2.05) is 12.3 Å². The SMILES string of the molecule is C=Cc1ccc(Cn2ccc3cc(N4CC(C)N(CC(C)(C)F)C(C)C4)cnc32)cc1. The third kappa shape index (κ3) is 4.82. The highest BCUT2D eigenvalue weighted by molar-refractivity contribution is 5.80. The van der Waals surface area contributed by atoms with Gasteiger partial charge in [0.2, 0.25) is 0 Å². The Kier molecular flexibility index (Phi) is 5.89. The fraction of sp³-hybridized carbons (Fsp3) is 0.423. The molecule has 1 aromatic carbocycles. The second kappa shape index (κ2) is 8.46. The Labute approximate surface area is 185 Å². The van der Waals surface area contributed by atoms with Crippen LogP contribution < -0.4 is 4.90 Å². The van der Waals surface area contributed by atoms with Crippen LogP contribution in [0, 0.1) is 0 Å². The largest absolute Gasteiger partial charge is 0.367 e. The van der Waals surface area contributed by atoms with Gasteiger partial charge < -0.3 is 9.47 Å². The molecule has 2 aromatic heterocycles. The standard InChI is InChI=1S/C26H33FN4/c1-6-21-7-9-22(10-8-21)17-29-12-11-23-13-24(14-28-25(23)29)30-15-19(2)31(20(3)16-30)18-26(4,5)27/h6-14,19-20H,1,15-18H2,2-5H3. The Morgan fingerprint density at radius 2 is 1.81 bits per heavy atom. The molecule has 4 nitrogen and oxygen atoms in total. The van der Waals surface area contributed by atoms with Crippen LogP contribution in [0.5, 0.6) is 0 Å². The van der Waals surface area contributed by atoms with Crippen LogP contribution in [0.4, 0.5) is 10.1 Å². The van der Waals surface area contributed by atoms with E-state index in [4.69, 9.17) is 4.98 Å². The molecule has 0 aliphatic carbocycles. The molecule has 31 heavy (non-hydrogen) atoms. The number of pyridine rings is 1. The summed E-state index contributed by atoms with van der Waals surface area (Å²) in [6.07, 6.45) is 5.95. The third-order valence-electron chi connectivity index (χ3n) is 6.18. The van der Waals surface area contributed by atoms with Gasteiger partial charge in [0.15, 0.2) is 0 Å². The number of fused-ring (bicyclic) bond motifs is 1. The molecule has 5 heteroatoms. The molecule has 1 aliphatic rings. The number of piperazine rings is 1. The monoisotopic (exact) mass is 420 g/mol. The van der Waals surface area contributed by atoms with Crippen LogP contribution in [-0.4, -0.2) is 51.8 Å². The molecule has 2 atom stereocenters. The van der Waals surface area contributed by atoms with E-state index >= 15 is 0 Å². The van der Waals surface area contributed by atoms with Crippen LogP contribution in [0.1, 0.15) is 38.8 Å². The number of alkyl halides is 1. The van der Waals surface area contributed by atoms with Gasteiger partial charge in [-0.05, 0) is 51.0 Å². The lowest BCUT2D eigenvalue weighted by Gasteiger charge is -2.46. The molecule has 0 saturated carbocycles. The highest BCUT2D eigenvalue weighted by Crippen LogP contribution is 2.27. The first-order valence-electron chi connectivity index (χ1n) is 11.1. The molecule has 3 aromatic rings. The average Bonchev–Trinajstić information content (AvgIpc) is 3.12. The highest BCUT2D eigenvalue weighted by atomic mass is 19.1. The first-order chi connectivity index (χ1) is 14.7. The number of rotatable bonds is 6. The minimum absolute atomic E-state index is 0.289. The summed E-state index contributed by atoms with van der Waals surface area (Å²) >= 11 is 0. The number of nitrogens with zero attached hydrogens (tertiary/aromatic N) is 4. The summed E-state index contributed by atoms with van der Waals surface area (Å²) in [5.41, 5.74) is 3.32. The van der Waals surface area contributed by atoms with Gasteiger partial charge in [0.25, 0.3) is 0 Å². The van der Waals surface area contributed by atoms with Gasteiger partial charge in [-0.3, -0.25) is 4.90 Å². The fourth-order valence-corrected chi connectivity index (χ4v) is 4.64. The number of anilines is 1. The molecule has 2 unspecified atom stereocenters. The number of aromatic nitrogens is 2. The average molecular weight is 421 g/mol. The normalized spacial score (nSPS) is 20.4. The summed E-state index contributed by atoms with van der Waals surface area (Å²) in [6, 6.07) is 13.4. The Morgan fingerprint density at radius 3 is 2.42 bits per heavy atom. The molecule has 0 N–H and O–H groups in total. The minimum atomic E-state index is -1.18. The van der Waals surface area contributed by atoms with Gasteiger partial charge in [0.05, 0.1) is 11.9 Å². The number of hydrogen-bond donors (Lipinski definition) is 0. The maximum atomic E-state index is 14.2. The van der Waals surface area contributed by atoms with Crippen LogP contribution in [-0.2, 0) is 6.54 Å². The smallest absolute Gasteiger partial charge is 0.140 e. The van der Waals surface area contributed by atoms with E-state index in [0.29, 0.717) is 6.54 Å². The van der Waals surface area contributed by atoms with Crippen LogP contribution in [0.15, 0.2) is 55.4 Å². The predicted octanol–water partition coefficient (Wildman–Crippen LogP) is 5.37. The molecule has 0 amide bonds.